The molecule has 20 heavy (non-hydrogen) atoms. The van der Waals surface area contributed by atoms with Gasteiger partial charge >= 0.3 is 0 Å². The minimum absolute atomic E-state index is 0.0554. The van der Waals surface area contributed by atoms with Crippen LogP contribution in [0.15, 0.2) is 12.1 Å². The van der Waals surface area contributed by atoms with Crippen LogP contribution >= 0.6 is 12.2 Å². The van der Waals surface area contributed by atoms with Crippen molar-refractivity contribution in [3.63, 3.8) is 0 Å². The van der Waals surface area contributed by atoms with Gasteiger partial charge in [-0.15, -0.1) is 0 Å². The fourth-order valence-electron chi connectivity index (χ4n) is 3.01. The first-order valence-electron chi connectivity index (χ1n) is 6.77. The molecule has 0 spiro atoms. The molecule has 1 saturated carbocycles. The van der Waals surface area contributed by atoms with E-state index in [9.17, 15) is 9.50 Å². The van der Waals surface area contributed by atoms with E-state index in [-0.39, 0.29) is 11.8 Å². The monoisotopic (exact) mass is 296 g/mol. The second kappa shape index (κ2) is 5.18. The van der Waals surface area contributed by atoms with Crippen molar-refractivity contribution in [2.24, 2.45) is 0 Å². The van der Waals surface area contributed by atoms with Crippen LogP contribution < -0.4 is 4.74 Å². The van der Waals surface area contributed by atoms with Gasteiger partial charge in [0.15, 0.2) is 16.3 Å². The van der Waals surface area contributed by atoms with Crippen molar-refractivity contribution in [1.29, 1.82) is 0 Å². The number of nitrogens with zero attached hydrogens (tertiary/aromatic N) is 1. The fraction of sp³-hybridized carbons (Fsp3) is 0.500. The molecule has 2 atom stereocenters. The van der Waals surface area contributed by atoms with Gasteiger partial charge in [-0.3, -0.25) is 0 Å². The maximum atomic E-state index is 13.7. The second-order valence-electron chi connectivity index (χ2n) is 5.22. The van der Waals surface area contributed by atoms with Crippen molar-refractivity contribution < 1.29 is 14.2 Å². The Bertz CT molecular complexity index is 694. The topological polar surface area (TPSA) is 50.2 Å². The fourth-order valence-corrected chi connectivity index (χ4v) is 3.35. The van der Waals surface area contributed by atoms with Gasteiger partial charge in [0.1, 0.15) is 0 Å². The zero-order chi connectivity index (χ0) is 14.3. The van der Waals surface area contributed by atoms with Crippen LogP contribution in [0.1, 0.15) is 31.7 Å². The van der Waals surface area contributed by atoms with Crippen LogP contribution in [0, 0.1) is 10.6 Å². The number of nitrogens with one attached hydrogen (secondary N) is 1. The third-order valence-corrected chi connectivity index (χ3v) is 4.31. The van der Waals surface area contributed by atoms with Crippen LogP contribution in [-0.4, -0.2) is 27.9 Å². The Hall–Kier alpha value is -1.40. The maximum Gasteiger partial charge on any atom is 0.178 e. The average molecular weight is 296 g/mol. The number of aromatic nitrogens is 2. The molecule has 1 heterocycles. The number of ether oxygens (including phenoxy) is 1. The Morgan fingerprint density at radius 1 is 1.40 bits per heavy atom. The van der Waals surface area contributed by atoms with Gasteiger partial charge in [-0.1, -0.05) is 12.8 Å². The van der Waals surface area contributed by atoms with E-state index >= 15 is 0 Å². The lowest BCUT2D eigenvalue weighted by molar-refractivity contribution is 0.0767. The number of rotatable bonds is 2. The quantitative estimate of drug-likeness (QED) is 0.836. The summed E-state index contributed by atoms with van der Waals surface area (Å²) in [5, 5.41) is 10.2. The third-order valence-electron chi connectivity index (χ3n) is 4.02. The maximum absolute atomic E-state index is 13.7. The van der Waals surface area contributed by atoms with Crippen LogP contribution in [0.5, 0.6) is 5.75 Å². The van der Waals surface area contributed by atoms with E-state index in [2.05, 4.69) is 4.98 Å². The van der Waals surface area contributed by atoms with E-state index in [0.717, 1.165) is 31.2 Å². The molecule has 2 unspecified atom stereocenters. The molecule has 0 radical (unpaired) electrons. The molecular formula is C14H17FN2O2S. The van der Waals surface area contributed by atoms with Crippen molar-refractivity contribution in [1.82, 2.24) is 9.55 Å². The predicted molar refractivity (Wildman–Crippen MR) is 77.1 cm³/mol. The van der Waals surface area contributed by atoms with Gasteiger partial charge in [0, 0.05) is 12.1 Å². The van der Waals surface area contributed by atoms with E-state index in [1.807, 2.05) is 4.57 Å². The molecule has 6 heteroatoms. The van der Waals surface area contributed by atoms with Gasteiger partial charge in [0.2, 0.25) is 0 Å². The second-order valence-corrected chi connectivity index (χ2v) is 5.61. The normalized spacial score (nSPS) is 23.1. The molecule has 108 valence electrons. The molecule has 2 aromatic rings. The van der Waals surface area contributed by atoms with Crippen LogP contribution in [0.2, 0.25) is 0 Å². The SMILES string of the molecule is COc1cc2c(cc1F)[nH]c(=S)n2C1CCCCC1O. The van der Waals surface area contributed by atoms with Crippen molar-refractivity contribution in [3.05, 3.63) is 22.7 Å². The smallest absolute Gasteiger partial charge is 0.178 e. The zero-order valence-electron chi connectivity index (χ0n) is 11.2. The lowest BCUT2D eigenvalue weighted by atomic mass is 9.92. The van der Waals surface area contributed by atoms with E-state index in [1.165, 1.54) is 13.2 Å². The summed E-state index contributed by atoms with van der Waals surface area (Å²) in [7, 11) is 1.44. The minimum Gasteiger partial charge on any atom is -0.494 e. The standard InChI is InChI=1S/C14H17FN2O2S/c1-19-13-7-11-9(6-8(13)15)16-14(20)17(11)10-4-2-3-5-12(10)18/h6-7,10,12,18H,2-5H2,1H3,(H,16,20). The highest BCUT2D eigenvalue weighted by molar-refractivity contribution is 7.71. The molecule has 0 aliphatic heterocycles. The van der Waals surface area contributed by atoms with Gasteiger partial charge in [-0.05, 0) is 25.1 Å². The predicted octanol–water partition coefficient (Wildman–Crippen LogP) is 3.32. The number of methoxy groups -OCH3 is 1. The first kappa shape index (κ1) is 13.6. The lowest BCUT2D eigenvalue weighted by Crippen LogP contribution is -2.27. The number of H-pyrrole nitrogens is 1. The van der Waals surface area contributed by atoms with Gasteiger partial charge < -0.3 is 19.4 Å². The Morgan fingerprint density at radius 3 is 2.85 bits per heavy atom. The van der Waals surface area contributed by atoms with Gasteiger partial charge in [-0.25, -0.2) is 4.39 Å². The average Bonchev–Trinajstić information content (AvgIpc) is 2.73. The lowest BCUT2D eigenvalue weighted by Gasteiger charge is -2.29. The number of imidazole rings is 1. The zero-order valence-corrected chi connectivity index (χ0v) is 12.0. The molecule has 1 aromatic carbocycles. The minimum atomic E-state index is -0.424. The summed E-state index contributed by atoms with van der Waals surface area (Å²) >= 11 is 5.34. The highest BCUT2D eigenvalue weighted by Crippen LogP contribution is 2.33. The number of hydrogen-bond acceptors (Lipinski definition) is 3. The van der Waals surface area contributed by atoms with Crippen molar-refractivity contribution >= 4 is 23.3 Å². The summed E-state index contributed by atoms with van der Waals surface area (Å²) < 4.78 is 21.2. The van der Waals surface area contributed by atoms with Crippen LogP contribution in [0.4, 0.5) is 4.39 Å². The third kappa shape index (κ3) is 2.13. The summed E-state index contributed by atoms with van der Waals surface area (Å²) in [4.78, 5) is 3.01. The number of aliphatic hydroxyl groups excluding tert-OH is 1. The summed E-state index contributed by atoms with van der Waals surface area (Å²) in [5.41, 5.74) is 1.41. The van der Waals surface area contributed by atoms with Crippen LogP contribution in [0.3, 0.4) is 0 Å². The van der Waals surface area contributed by atoms with Crippen molar-refractivity contribution in [3.8, 4) is 5.75 Å². The molecule has 1 aliphatic carbocycles. The molecule has 1 aromatic heterocycles. The van der Waals surface area contributed by atoms with Gasteiger partial charge in [0.25, 0.3) is 0 Å². The molecule has 4 nitrogen and oxygen atoms in total. The Balaban J connectivity index is 2.19. The highest BCUT2D eigenvalue weighted by atomic mass is 32.1. The molecule has 2 N–H and O–H groups in total. The number of hydrogen-bond donors (Lipinski definition) is 2. The van der Waals surface area contributed by atoms with E-state index in [4.69, 9.17) is 17.0 Å². The number of fused-ring (bicyclic) bond motifs is 1. The summed E-state index contributed by atoms with van der Waals surface area (Å²) in [6.45, 7) is 0. The molecule has 1 aliphatic rings. The molecule has 0 bridgehead atoms. The van der Waals surface area contributed by atoms with E-state index < -0.39 is 11.9 Å². The molecular weight excluding hydrogens is 279 g/mol. The Labute approximate surface area is 121 Å². The number of halogens is 1. The summed E-state index contributed by atoms with van der Waals surface area (Å²) in [6, 6.07) is 2.97. The summed E-state index contributed by atoms with van der Waals surface area (Å²) in [5.74, 6) is -0.238. The highest BCUT2D eigenvalue weighted by Gasteiger charge is 2.27. The first-order valence-corrected chi connectivity index (χ1v) is 7.18. The summed E-state index contributed by atoms with van der Waals surface area (Å²) in [6.07, 6.45) is 3.34. The first-order chi connectivity index (χ1) is 9.61. The van der Waals surface area contributed by atoms with Crippen molar-refractivity contribution in [2.75, 3.05) is 7.11 Å². The molecule has 1 fully saturated rings. The van der Waals surface area contributed by atoms with Crippen LogP contribution in [-0.2, 0) is 0 Å². The molecule has 0 amide bonds. The number of aromatic amines is 1. The number of benzene rings is 1. The van der Waals surface area contributed by atoms with E-state index in [0.29, 0.717) is 10.3 Å². The van der Waals surface area contributed by atoms with Crippen molar-refractivity contribution in [2.45, 2.75) is 37.8 Å². The van der Waals surface area contributed by atoms with Gasteiger partial charge in [0.05, 0.1) is 30.3 Å². The van der Waals surface area contributed by atoms with Gasteiger partial charge in [-0.2, -0.15) is 0 Å². The number of aliphatic hydroxyl groups is 1. The molecule has 0 saturated heterocycles. The Kier molecular flexibility index (Phi) is 3.52. The Morgan fingerprint density at radius 2 is 2.15 bits per heavy atom. The molecule has 3 rings (SSSR count). The largest absolute Gasteiger partial charge is 0.494 e. The van der Waals surface area contributed by atoms with E-state index in [1.54, 1.807) is 6.07 Å². The van der Waals surface area contributed by atoms with Crippen LogP contribution in [0.25, 0.3) is 11.0 Å².